The normalized spacial score (nSPS) is 17.5. The van der Waals surface area contributed by atoms with E-state index in [0.717, 1.165) is 5.69 Å². The second-order valence-corrected chi connectivity index (χ2v) is 5.25. The first-order valence-corrected chi connectivity index (χ1v) is 7.09. The topological polar surface area (TPSA) is 69.6 Å². The number of carbonyl (C=O) groups excluding carboxylic acids is 2. The van der Waals surface area contributed by atoms with E-state index in [4.69, 9.17) is 0 Å². The van der Waals surface area contributed by atoms with Gasteiger partial charge < -0.3 is 15.3 Å². The van der Waals surface area contributed by atoms with E-state index in [9.17, 15) is 14.7 Å². The van der Waals surface area contributed by atoms with E-state index in [2.05, 4.69) is 5.32 Å². The lowest BCUT2D eigenvalue weighted by Crippen LogP contribution is -2.28. The molecule has 0 aliphatic carbocycles. The Labute approximate surface area is 128 Å². The number of para-hydroxylation sites is 3. The Morgan fingerprint density at radius 3 is 2.50 bits per heavy atom. The highest BCUT2D eigenvalue weighted by atomic mass is 16.3. The second kappa shape index (κ2) is 5.89. The molecule has 2 aromatic rings. The lowest BCUT2D eigenvalue weighted by Gasteiger charge is -2.16. The number of nitrogens with one attached hydrogen (secondary N) is 1. The molecule has 3 rings (SSSR count). The molecule has 2 amide bonds. The maximum absolute atomic E-state index is 12.3. The van der Waals surface area contributed by atoms with E-state index in [1.807, 2.05) is 30.3 Å². The van der Waals surface area contributed by atoms with Crippen molar-refractivity contribution >= 4 is 23.2 Å². The van der Waals surface area contributed by atoms with Crippen molar-refractivity contribution in [3.63, 3.8) is 0 Å². The number of anilines is 2. The molecule has 2 N–H and O–H groups in total. The van der Waals surface area contributed by atoms with Crippen molar-refractivity contribution in [1.29, 1.82) is 0 Å². The highest BCUT2D eigenvalue weighted by molar-refractivity contribution is 6.03. The smallest absolute Gasteiger partial charge is 0.229 e. The zero-order valence-electron chi connectivity index (χ0n) is 11.9. The molecule has 0 spiro atoms. The van der Waals surface area contributed by atoms with Crippen LogP contribution in [-0.2, 0) is 9.59 Å². The number of phenolic OH excluding ortho intramolecular Hbond substituents is 1. The van der Waals surface area contributed by atoms with Gasteiger partial charge in [0.2, 0.25) is 11.8 Å². The molecule has 112 valence electrons. The summed E-state index contributed by atoms with van der Waals surface area (Å²) in [5.41, 5.74) is 1.16. The molecule has 0 aromatic heterocycles. The molecule has 1 heterocycles. The van der Waals surface area contributed by atoms with Crippen LogP contribution in [0.3, 0.4) is 0 Å². The summed E-state index contributed by atoms with van der Waals surface area (Å²) in [5.74, 6) is -0.732. The first-order chi connectivity index (χ1) is 10.6. The van der Waals surface area contributed by atoms with E-state index in [1.54, 1.807) is 23.1 Å². The standard InChI is InChI=1S/C17H16N2O3/c20-15-9-5-4-8-14(15)18-17(22)12-10-16(21)19(11-12)13-6-2-1-3-7-13/h1-9,12,20H,10-11H2,(H,18,22)/t12-/m1/s1. The lowest BCUT2D eigenvalue weighted by molar-refractivity contribution is -0.122. The number of hydrogen-bond acceptors (Lipinski definition) is 3. The van der Waals surface area contributed by atoms with E-state index in [1.165, 1.54) is 6.07 Å². The summed E-state index contributed by atoms with van der Waals surface area (Å²) < 4.78 is 0. The van der Waals surface area contributed by atoms with Gasteiger partial charge in [-0.15, -0.1) is 0 Å². The molecular formula is C17H16N2O3. The molecule has 2 aromatic carbocycles. The third kappa shape index (κ3) is 2.79. The monoisotopic (exact) mass is 296 g/mol. The lowest BCUT2D eigenvalue weighted by atomic mass is 10.1. The van der Waals surface area contributed by atoms with Gasteiger partial charge in [0.1, 0.15) is 5.75 Å². The molecule has 1 aliphatic rings. The summed E-state index contributed by atoms with van der Waals surface area (Å²) in [4.78, 5) is 26.0. The summed E-state index contributed by atoms with van der Waals surface area (Å²) >= 11 is 0. The minimum absolute atomic E-state index is 0.0140. The quantitative estimate of drug-likeness (QED) is 0.854. The van der Waals surface area contributed by atoms with Crippen molar-refractivity contribution in [2.75, 3.05) is 16.8 Å². The molecule has 22 heavy (non-hydrogen) atoms. The van der Waals surface area contributed by atoms with Crippen molar-refractivity contribution in [3.8, 4) is 5.75 Å². The van der Waals surface area contributed by atoms with Crippen LogP contribution in [-0.4, -0.2) is 23.5 Å². The van der Waals surface area contributed by atoms with Crippen LogP contribution in [0.1, 0.15) is 6.42 Å². The van der Waals surface area contributed by atoms with Gasteiger partial charge in [-0.25, -0.2) is 0 Å². The number of nitrogens with zero attached hydrogens (tertiary/aromatic N) is 1. The number of hydrogen-bond donors (Lipinski definition) is 2. The number of carbonyl (C=O) groups is 2. The molecule has 5 heteroatoms. The fraction of sp³-hybridized carbons (Fsp3) is 0.176. The van der Waals surface area contributed by atoms with Crippen LogP contribution in [0.4, 0.5) is 11.4 Å². The number of phenols is 1. The van der Waals surface area contributed by atoms with E-state index in [-0.39, 0.29) is 24.0 Å². The minimum Gasteiger partial charge on any atom is -0.506 e. The molecule has 5 nitrogen and oxygen atoms in total. The van der Waals surface area contributed by atoms with Gasteiger partial charge in [0.15, 0.2) is 0 Å². The molecule has 1 fully saturated rings. The summed E-state index contributed by atoms with van der Waals surface area (Å²) in [6.45, 7) is 0.349. The van der Waals surface area contributed by atoms with Crippen molar-refractivity contribution in [3.05, 3.63) is 54.6 Å². The Balaban J connectivity index is 1.71. The Bertz CT molecular complexity index is 700. The van der Waals surface area contributed by atoms with Crippen molar-refractivity contribution < 1.29 is 14.7 Å². The van der Waals surface area contributed by atoms with Crippen LogP contribution in [0.15, 0.2) is 54.6 Å². The third-order valence-electron chi connectivity index (χ3n) is 3.73. The molecule has 0 bridgehead atoms. The second-order valence-electron chi connectivity index (χ2n) is 5.25. The van der Waals surface area contributed by atoms with Crippen LogP contribution < -0.4 is 10.2 Å². The number of aromatic hydroxyl groups is 1. The molecule has 0 radical (unpaired) electrons. The van der Waals surface area contributed by atoms with Gasteiger partial charge in [0, 0.05) is 18.7 Å². The van der Waals surface area contributed by atoms with Gasteiger partial charge in [-0.05, 0) is 24.3 Å². The van der Waals surface area contributed by atoms with Gasteiger partial charge in [-0.2, -0.15) is 0 Å². The highest BCUT2D eigenvalue weighted by Gasteiger charge is 2.35. The molecule has 0 saturated carbocycles. The summed E-state index contributed by atoms with van der Waals surface area (Å²) in [7, 11) is 0. The first kappa shape index (κ1) is 14.1. The zero-order chi connectivity index (χ0) is 15.5. The van der Waals surface area contributed by atoms with Crippen molar-refractivity contribution in [2.45, 2.75) is 6.42 Å². The maximum Gasteiger partial charge on any atom is 0.229 e. The van der Waals surface area contributed by atoms with Crippen LogP contribution >= 0.6 is 0 Å². The average molecular weight is 296 g/mol. The number of benzene rings is 2. The molecule has 1 saturated heterocycles. The van der Waals surface area contributed by atoms with E-state index >= 15 is 0 Å². The average Bonchev–Trinajstić information content (AvgIpc) is 2.92. The van der Waals surface area contributed by atoms with Crippen molar-refractivity contribution in [1.82, 2.24) is 0 Å². The minimum atomic E-state index is -0.424. The van der Waals surface area contributed by atoms with Gasteiger partial charge in [-0.3, -0.25) is 9.59 Å². The predicted octanol–water partition coefficient (Wildman–Crippen LogP) is 2.38. The first-order valence-electron chi connectivity index (χ1n) is 7.09. The van der Waals surface area contributed by atoms with Gasteiger partial charge in [-0.1, -0.05) is 30.3 Å². The predicted molar refractivity (Wildman–Crippen MR) is 83.6 cm³/mol. The SMILES string of the molecule is O=C(Nc1ccccc1O)[C@@H]1CC(=O)N(c2ccccc2)C1. The van der Waals surface area contributed by atoms with Crippen LogP contribution in [0.25, 0.3) is 0 Å². The van der Waals surface area contributed by atoms with Crippen molar-refractivity contribution in [2.24, 2.45) is 5.92 Å². The number of amides is 2. The molecular weight excluding hydrogens is 280 g/mol. The summed E-state index contributed by atoms with van der Waals surface area (Å²) in [6.07, 6.45) is 0.175. The Morgan fingerprint density at radius 1 is 1.09 bits per heavy atom. The maximum atomic E-state index is 12.3. The van der Waals surface area contributed by atoms with Gasteiger partial charge >= 0.3 is 0 Å². The fourth-order valence-corrected chi connectivity index (χ4v) is 2.55. The number of rotatable bonds is 3. The largest absolute Gasteiger partial charge is 0.506 e. The molecule has 1 atom stereocenters. The Morgan fingerprint density at radius 2 is 1.77 bits per heavy atom. The Hall–Kier alpha value is -2.82. The summed E-state index contributed by atoms with van der Waals surface area (Å²) in [5, 5.41) is 12.4. The fourth-order valence-electron chi connectivity index (χ4n) is 2.55. The van der Waals surface area contributed by atoms with Crippen LogP contribution in [0.2, 0.25) is 0 Å². The van der Waals surface area contributed by atoms with Crippen LogP contribution in [0, 0.1) is 5.92 Å². The summed E-state index contributed by atoms with van der Waals surface area (Å²) in [6, 6.07) is 15.8. The molecule has 0 unspecified atom stereocenters. The third-order valence-corrected chi connectivity index (χ3v) is 3.73. The zero-order valence-corrected chi connectivity index (χ0v) is 11.9. The molecule has 1 aliphatic heterocycles. The van der Waals surface area contributed by atoms with Gasteiger partial charge in [0.05, 0.1) is 11.6 Å². The van der Waals surface area contributed by atoms with Crippen LogP contribution in [0.5, 0.6) is 5.75 Å². The highest BCUT2D eigenvalue weighted by Crippen LogP contribution is 2.27. The van der Waals surface area contributed by atoms with Gasteiger partial charge in [0.25, 0.3) is 0 Å². The Kier molecular flexibility index (Phi) is 3.78. The van der Waals surface area contributed by atoms with E-state index < -0.39 is 5.92 Å². The van der Waals surface area contributed by atoms with E-state index in [0.29, 0.717) is 12.2 Å².